The Kier molecular flexibility index (Phi) is 3.50. The van der Waals surface area contributed by atoms with Crippen molar-refractivity contribution in [3.63, 3.8) is 0 Å². The molecule has 1 atom stereocenters. The minimum atomic E-state index is -2.76. The molecule has 1 aromatic heterocycles. The minimum absolute atomic E-state index is 0.256. The zero-order valence-electron chi connectivity index (χ0n) is 8.96. The van der Waals surface area contributed by atoms with Gasteiger partial charge in [-0.25, -0.2) is 18.4 Å². The van der Waals surface area contributed by atoms with Crippen LogP contribution in [0.1, 0.15) is 12.1 Å². The minimum Gasteiger partial charge on any atom is -0.311 e. The summed E-state index contributed by atoms with van der Waals surface area (Å²) < 4.78 is 22.5. The van der Waals surface area contributed by atoms with Crippen molar-refractivity contribution < 1.29 is 8.42 Å². The Hall–Kier alpha value is -1.01. The molecule has 0 spiro atoms. The van der Waals surface area contributed by atoms with E-state index in [4.69, 9.17) is 0 Å². The van der Waals surface area contributed by atoms with Crippen LogP contribution in [0.5, 0.6) is 0 Å². The Bertz CT molecular complexity index is 433. The monoisotopic (exact) mass is 241 g/mol. The first-order valence-corrected chi connectivity index (χ1v) is 7.14. The lowest BCUT2D eigenvalue weighted by Gasteiger charge is -2.08. The van der Waals surface area contributed by atoms with Gasteiger partial charge in [0.25, 0.3) is 0 Å². The third-order valence-electron chi connectivity index (χ3n) is 2.71. The molecule has 6 heteroatoms. The van der Waals surface area contributed by atoms with Crippen LogP contribution in [0, 0.1) is 5.92 Å². The predicted molar refractivity (Wildman–Crippen MR) is 60.5 cm³/mol. The zero-order valence-corrected chi connectivity index (χ0v) is 9.78. The van der Waals surface area contributed by atoms with Gasteiger partial charge in [-0.2, -0.15) is 0 Å². The molecule has 0 amide bonds. The van der Waals surface area contributed by atoms with Crippen molar-refractivity contribution >= 4 is 9.84 Å². The van der Waals surface area contributed by atoms with Crippen LogP contribution >= 0.6 is 0 Å². The highest BCUT2D eigenvalue weighted by Crippen LogP contribution is 2.17. The standard InChI is InChI=1S/C10H15N3O2S/c14-16(15)4-2-9(7-16)5-12-6-10-1-3-11-8-13-10/h1,3,8-9,12H,2,4-7H2. The maximum atomic E-state index is 11.2. The van der Waals surface area contributed by atoms with Crippen molar-refractivity contribution in [2.45, 2.75) is 13.0 Å². The van der Waals surface area contributed by atoms with Crippen molar-refractivity contribution in [2.24, 2.45) is 5.92 Å². The summed E-state index contributed by atoms with van der Waals surface area (Å²) >= 11 is 0. The predicted octanol–water partition coefficient (Wildman–Crippen LogP) is 0.000900. The van der Waals surface area contributed by atoms with Gasteiger partial charge in [0.05, 0.1) is 17.2 Å². The van der Waals surface area contributed by atoms with Crippen LogP contribution in [0.3, 0.4) is 0 Å². The van der Waals surface area contributed by atoms with E-state index in [1.54, 1.807) is 6.20 Å². The summed E-state index contributed by atoms with van der Waals surface area (Å²) in [5, 5.41) is 3.23. The van der Waals surface area contributed by atoms with Crippen molar-refractivity contribution in [2.75, 3.05) is 18.1 Å². The second kappa shape index (κ2) is 4.88. The number of sulfone groups is 1. The Labute approximate surface area is 95.2 Å². The molecule has 16 heavy (non-hydrogen) atoms. The van der Waals surface area contributed by atoms with Gasteiger partial charge in [0, 0.05) is 12.7 Å². The molecule has 1 unspecified atom stereocenters. The highest BCUT2D eigenvalue weighted by Gasteiger charge is 2.27. The lowest BCUT2D eigenvalue weighted by Crippen LogP contribution is -2.23. The molecule has 1 aliphatic heterocycles. The Balaban J connectivity index is 1.74. The molecule has 1 fully saturated rings. The summed E-state index contributed by atoms with van der Waals surface area (Å²) in [6.07, 6.45) is 3.99. The van der Waals surface area contributed by atoms with E-state index in [0.717, 1.165) is 18.7 Å². The lowest BCUT2D eigenvalue weighted by atomic mass is 10.1. The van der Waals surface area contributed by atoms with Gasteiger partial charge in [-0.1, -0.05) is 0 Å². The summed E-state index contributed by atoms with van der Waals surface area (Å²) in [6.45, 7) is 1.41. The summed E-state index contributed by atoms with van der Waals surface area (Å²) in [5.41, 5.74) is 0.927. The fourth-order valence-electron chi connectivity index (χ4n) is 1.86. The van der Waals surface area contributed by atoms with Crippen LogP contribution in [0.15, 0.2) is 18.6 Å². The smallest absolute Gasteiger partial charge is 0.150 e. The second-order valence-corrected chi connectivity index (χ2v) is 6.33. The van der Waals surface area contributed by atoms with E-state index in [1.807, 2.05) is 6.07 Å². The first-order chi connectivity index (χ1) is 7.66. The van der Waals surface area contributed by atoms with E-state index in [9.17, 15) is 8.42 Å². The molecular weight excluding hydrogens is 226 g/mol. The number of nitrogens with zero attached hydrogens (tertiary/aromatic N) is 2. The molecule has 0 aliphatic carbocycles. The highest BCUT2D eigenvalue weighted by atomic mass is 32.2. The van der Waals surface area contributed by atoms with E-state index in [1.165, 1.54) is 6.33 Å². The molecule has 1 aromatic rings. The van der Waals surface area contributed by atoms with E-state index >= 15 is 0 Å². The fraction of sp³-hybridized carbons (Fsp3) is 0.600. The van der Waals surface area contributed by atoms with Gasteiger partial charge in [0.15, 0.2) is 9.84 Å². The van der Waals surface area contributed by atoms with Crippen molar-refractivity contribution in [3.8, 4) is 0 Å². The third kappa shape index (κ3) is 3.24. The molecule has 0 radical (unpaired) electrons. The molecule has 88 valence electrons. The maximum absolute atomic E-state index is 11.2. The summed E-state index contributed by atoms with van der Waals surface area (Å²) in [7, 11) is -2.76. The van der Waals surface area contributed by atoms with Gasteiger partial charge >= 0.3 is 0 Å². The van der Waals surface area contributed by atoms with Crippen molar-refractivity contribution in [1.29, 1.82) is 0 Å². The fourth-order valence-corrected chi connectivity index (χ4v) is 3.72. The number of hydrogen-bond acceptors (Lipinski definition) is 5. The number of nitrogens with one attached hydrogen (secondary N) is 1. The summed E-state index contributed by atoms with van der Waals surface area (Å²) in [6, 6.07) is 1.85. The molecule has 1 aliphatic rings. The van der Waals surface area contributed by atoms with Gasteiger partial charge in [-0.05, 0) is 24.9 Å². The molecule has 5 nitrogen and oxygen atoms in total. The SMILES string of the molecule is O=S1(=O)CCC(CNCc2ccncn2)C1. The van der Waals surface area contributed by atoms with E-state index in [2.05, 4.69) is 15.3 Å². The Morgan fingerprint density at radius 3 is 3.00 bits per heavy atom. The first kappa shape index (κ1) is 11.5. The van der Waals surface area contributed by atoms with Gasteiger partial charge in [-0.15, -0.1) is 0 Å². The molecule has 1 N–H and O–H groups in total. The van der Waals surface area contributed by atoms with Crippen LogP contribution in [-0.2, 0) is 16.4 Å². The van der Waals surface area contributed by atoms with E-state index in [-0.39, 0.29) is 5.92 Å². The molecule has 0 saturated carbocycles. The molecule has 1 saturated heterocycles. The zero-order chi connectivity index (χ0) is 11.4. The summed E-state index contributed by atoms with van der Waals surface area (Å²) in [5.74, 6) is 0.920. The van der Waals surface area contributed by atoms with Gasteiger partial charge in [0.1, 0.15) is 6.33 Å². The first-order valence-electron chi connectivity index (χ1n) is 5.32. The van der Waals surface area contributed by atoms with Crippen molar-refractivity contribution in [1.82, 2.24) is 15.3 Å². The molecule has 0 aromatic carbocycles. The van der Waals surface area contributed by atoms with Crippen LogP contribution in [-0.4, -0.2) is 36.4 Å². The van der Waals surface area contributed by atoms with Gasteiger partial charge < -0.3 is 5.32 Å². The molecule has 2 heterocycles. The average Bonchev–Trinajstić information content (AvgIpc) is 2.60. The highest BCUT2D eigenvalue weighted by molar-refractivity contribution is 7.91. The average molecular weight is 241 g/mol. The van der Waals surface area contributed by atoms with Crippen molar-refractivity contribution in [3.05, 3.63) is 24.3 Å². The van der Waals surface area contributed by atoms with E-state index < -0.39 is 9.84 Å². The normalized spacial score (nSPS) is 23.4. The lowest BCUT2D eigenvalue weighted by molar-refractivity contribution is 0.517. The van der Waals surface area contributed by atoms with E-state index in [0.29, 0.717) is 18.1 Å². The van der Waals surface area contributed by atoms with Crippen LogP contribution in [0.2, 0.25) is 0 Å². The number of hydrogen-bond donors (Lipinski definition) is 1. The Morgan fingerprint density at radius 2 is 2.38 bits per heavy atom. The molecular formula is C10H15N3O2S. The van der Waals surface area contributed by atoms with Gasteiger partial charge in [0.2, 0.25) is 0 Å². The molecule has 0 bridgehead atoms. The summed E-state index contributed by atoms with van der Waals surface area (Å²) in [4.78, 5) is 7.91. The number of rotatable bonds is 4. The van der Waals surface area contributed by atoms with Gasteiger partial charge in [-0.3, -0.25) is 0 Å². The topological polar surface area (TPSA) is 72.0 Å². The maximum Gasteiger partial charge on any atom is 0.150 e. The van der Waals surface area contributed by atoms with Crippen LogP contribution in [0.25, 0.3) is 0 Å². The Morgan fingerprint density at radius 1 is 1.50 bits per heavy atom. The van der Waals surface area contributed by atoms with Crippen LogP contribution in [0.4, 0.5) is 0 Å². The van der Waals surface area contributed by atoms with Crippen LogP contribution < -0.4 is 5.32 Å². The third-order valence-corrected chi connectivity index (χ3v) is 4.55. The quantitative estimate of drug-likeness (QED) is 0.803. The largest absolute Gasteiger partial charge is 0.311 e. The molecule has 2 rings (SSSR count). The second-order valence-electron chi connectivity index (χ2n) is 4.10. The number of aromatic nitrogens is 2.